The summed E-state index contributed by atoms with van der Waals surface area (Å²) in [5.74, 6) is -2.02. The Morgan fingerprint density at radius 1 is 1.12 bits per heavy atom. The highest BCUT2D eigenvalue weighted by molar-refractivity contribution is 5.95. The van der Waals surface area contributed by atoms with E-state index in [4.69, 9.17) is 0 Å². The van der Waals surface area contributed by atoms with Crippen LogP contribution in [0.5, 0.6) is 0 Å². The number of carbonyl (C=O) groups excluding carboxylic acids is 2. The van der Waals surface area contributed by atoms with Crippen molar-refractivity contribution in [3.63, 3.8) is 0 Å². The van der Waals surface area contributed by atoms with Gasteiger partial charge < -0.3 is 15.0 Å². The molecule has 1 aromatic heterocycles. The van der Waals surface area contributed by atoms with Crippen LogP contribution in [0.1, 0.15) is 15.9 Å². The molecule has 0 aliphatic rings. The first-order valence-corrected chi connectivity index (χ1v) is 6.60. The van der Waals surface area contributed by atoms with Gasteiger partial charge in [0.15, 0.2) is 6.61 Å². The third-order valence-corrected chi connectivity index (χ3v) is 2.88. The first-order chi connectivity index (χ1) is 11.3. The van der Waals surface area contributed by atoms with E-state index < -0.39 is 41.5 Å². The minimum absolute atomic E-state index is 0.319. The van der Waals surface area contributed by atoms with E-state index in [9.17, 15) is 27.6 Å². The lowest BCUT2D eigenvalue weighted by molar-refractivity contribution is -0.137. The van der Waals surface area contributed by atoms with Crippen molar-refractivity contribution in [3.8, 4) is 0 Å². The fraction of sp³-hybridized carbons (Fsp3) is 0.133. The average Bonchev–Trinajstić information content (AvgIpc) is 2.52. The number of para-hydroxylation sites is 1. The first-order valence-electron chi connectivity index (χ1n) is 6.60. The standard InChI is InChI=1S/C15H11F3N2O4/c16-15(17,18)10-5-1-2-6-11(10)20-12(21)8-24-14(23)9-4-3-7-19-13(9)22/h1-7H,8H2,(H,19,22)(H,20,21). The number of pyridine rings is 1. The van der Waals surface area contributed by atoms with E-state index in [2.05, 4.69) is 9.72 Å². The van der Waals surface area contributed by atoms with E-state index in [1.54, 1.807) is 0 Å². The van der Waals surface area contributed by atoms with Gasteiger partial charge in [0.1, 0.15) is 5.56 Å². The molecule has 0 fully saturated rings. The summed E-state index contributed by atoms with van der Waals surface area (Å²) in [6, 6.07) is 6.96. The number of nitrogens with one attached hydrogen (secondary N) is 2. The third kappa shape index (κ3) is 4.22. The second-order valence-electron chi connectivity index (χ2n) is 4.58. The highest BCUT2D eigenvalue weighted by Gasteiger charge is 2.33. The molecular weight excluding hydrogens is 329 g/mol. The summed E-state index contributed by atoms with van der Waals surface area (Å²) in [6.07, 6.45) is -3.34. The van der Waals surface area contributed by atoms with Gasteiger partial charge in [-0.25, -0.2) is 4.79 Å². The Kier molecular flexibility index (Phi) is 5.02. The lowest BCUT2D eigenvalue weighted by Gasteiger charge is -2.13. The number of hydrogen-bond donors (Lipinski definition) is 2. The monoisotopic (exact) mass is 340 g/mol. The first kappa shape index (κ1) is 17.3. The van der Waals surface area contributed by atoms with Crippen LogP contribution in [0.25, 0.3) is 0 Å². The van der Waals surface area contributed by atoms with Crippen LogP contribution >= 0.6 is 0 Å². The zero-order valence-corrected chi connectivity index (χ0v) is 12.0. The number of carbonyl (C=O) groups is 2. The molecule has 1 heterocycles. The molecule has 24 heavy (non-hydrogen) atoms. The number of aromatic amines is 1. The van der Waals surface area contributed by atoms with Gasteiger partial charge >= 0.3 is 12.1 Å². The number of alkyl halides is 3. The molecule has 126 valence electrons. The fourth-order valence-electron chi connectivity index (χ4n) is 1.82. The minimum Gasteiger partial charge on any atom is -0.452 e. The molecule has 2 rings (SSSR count). The van der Waals surface area contributed by atoms with Gasteiger partial charge in [-0.1, -0.05) is 12.1 Å². The maximum Gasteiger partial charge on any atom is 0.418 e. The number of aromatic nitrogens is 1. The average molecular weight is 340 g/mol. The van der Waals surface area contributed by atoms with Gasteiger partial charge in [-0.3, -0.25) is 9.59 Å². The van der Waals surface area contributed by atoms with Crippen LogP contribution in [-0.4, -0.2) is 23.5 Å². The number of hydrogen-bond acceptors (Lipinski definition) is 4. The summed E-state index contributed by atoms with van der Waals surface area (Å²) < 4.78 is 43.0. The quantitative estimate of drug-likeness (QED) is 0.835. The number of ether oxygens (including phenoxy) is 1. The van der Waals surface area contributed by atoms with E-state index in [0.29, 0.717) is 0 Å². The van der Waals surface area contributed by atoms with Crippen LogP contribution in [0.4, 0.5) is 18.9 Å². The van der Waals surface area contributed by atoms with E-state index in [1.165, 1.54) is 30.5 Å². The summed E-state index contributed by atoms with van der Waals surface area (Å²) in [5, 5.41) is 2.02. The maximum atomic E-state index is 12.8. The molecule has 0 aliphatic carbocycles. The van der Waals surface area contributed by atoms with Crippen LogP contribution in [0, 0.1) is 0 Å². The van der Waals surface area contributed by atoms with Crippen molar-refractivity contribution in [1.82, 2.24) is 4.98 Å². The van der Waals surface area contributed by atoms with E-state index >= 15 is 0 Å². The Labute approximate surface area is 133 Å². The molecule has 0 atom stereocenters. The predicted octanol–water partition coefficient (Wildman–Crippen LogP) is 2.19. The number of amides is 1. The van der Waals surface area contributed by atoms with Crippen molar-refractivity contribution >= 4 is 17.6 Å². The normalized spacial score (nSPS) is 11.0. The van der Waals surface area contributed by atoms with Gasteiger partial charge in [0, 0.05) is 6.20 Å². The molecule has 0 spiro atoms. The molecule has 9 heteroatoms. The van der Waals surface area contributed by atoms with Gasteiger partial charge in [0.25, 0.3) is 11.5 Å². The zero-order valence-electron chi connectivity index (χ0n) is 12.0. The van der Waals surface area contributed by atoms with E-state index in [-0.39, 0.29) is 5.56 Å². The SMILES string of the molecule is O=C(COC(=O)c1ccc[nH]c1=O)Nc1ccccc1C(F)(F)F. The molecule has 0 saturated carbocycles. The predicted molar refractivity (Wildman–Crippen MR) is 77.4 cm³/mol. The van der Waals surface area contributed by atoms with Gasteiger partial charge in [0.05, 0.1) is 11.3 Å². The number of anilines is 1. The van der Waals surface area contributed by atoms with E-state index in [0.717, 1.165) is 12.1 Å². The van der Waals surface area contributed by atoms with Crippen LogP contribution in [0.2, 0.25) is 0 Å². The van der Waals surface area contributed by atoms with Gasteiger partial charge in [-0.15, -0.1) is 0 Å². The van der Waals surface area contributed by atoms with Crippen LogP contribution in [0.15, 0.2) is 47.4 Å². The van der Waals surface area contributed by atoms with E-state index in [1.807, 2.05) is 5.32 Å². The Morgan fingerprint density at radius 2 is 1.83 bits per heavy atom. The molecule has 2 N–H and O–H groups in total. The molecule has 0 bridgehead atoms. The smallest absolute Gasteiger partial charge is 0.418 e. The van der Waals surface area contributed by atoms with Crippen molar-refractivity contribution < 1.29 is 27.5 Å². The molecule has 2 aromatic rings. The summed E-state index contributed by atoms with van der Waals surface area (Å²) in [7, 11) is 0. The van der Waals surface area contributed by atoms with Crippen molar-refractivity contribution in [1.29, 1.82) is 0 Å². The molecule has 0 aliphatic heterocycles. The summed E-state index contributed by atoms with van der Waals surface area (Å²) in [5.41, 5.74) is -2.50. The van der Waals surface area contributed by atoms with Crippen LogP contribution in [0.3, 0.4) is 0 Å². The topological polar surface area (TPSA) is 88.3 Å². The summed E-state index contributed by atoms with van der Waals surface area (Å²) >= 11 is 0. The summed E-state index contributed by atoms with van der Waals surface area (Å²) in [4.78, 5) is 36.9. The Balaban J connectivity index is 2.01. The molecule has 1 amide bonds. The Bertz CT molecular complexity index is 815. The fourth-order valence-corrected chi connectivity index (χ4v) is 1.82. The largest absolute Gasteiger partial charge is 0.452 e. The van der Waals surface area contributed by atoms with Gasteiger partial charge in [-0.2, -0.15) is 13.2 Å². The highest BCUT2D eigenvalue weighted by Crippen LogP contribution is 2.34. The maximum absolute atomic E-state index is 12.8. The second-order valence-corrected chi connectivity index (χ2v) is 4.58. The third-order valence-electron chi connectivity index (χ3n) is 2.88. The Morgan fingerprint density at radius 3 is 2.50 bits per heavy atom. The second kappa shape index (κ2) is 6.99. The van der Waals surface area contributed by atoms with Crippen LogP contribution < -0.4 is 10.9 Å². The van der Waals surface area contributed by atoms with Crippen molar-refractivity contribution in [2.75, 3.05) is 11.9 Å². The lowest BCUT2D eigenvalue weighted by Crippen LogP contribution is -2.25. The number of halogens is 3. The molecular formula is C15H11F3N2O4. The van der Waals surface area contributed by atoms with Crippen LogP contribution in [-0.2, 0) is 15.7 Å². The number of H-pyrrole nitrogens is 1. The molecule has 0 saturated heterocycles. The number of benzene rings is 1. The molecule has 6 nitrogen and oxygen atoms in total. The zero-order chi connectivity index (χ0) is 17.7. The Hall–Kier alpha value is -3.10. The van der Waals surface area contributed by atoms with Crippen molar-refractivity contribution in [3.05, 3.63) is 64.1 Å². The molecule has 0 unspecified atom stereocenters. The minimum atomic E-state index is -4.64. The lowest BCUT2D eigenvalue weighted by atomic mass is 10.1. The van der Waals surface area contributed by atoms with Gasteiger partial charge in [-0.05, 0) is 24.3 Å². The highest BCUT2D eigenvalue weighted by atomic mass is 19.4. The summed E-state index contributed by atoms with van der Waals surface area (Å²) in [6.45, 7) is -0.834. The van der Waals surface area contributed by atoms with Crippen molar-refractivity contribution in [2.45, 2.75) is 6.18 Å². The number of rotatable bonds is 4. The molecule has 1 aromatic carbocycles. The van der Waals surface area contributed by atoms with Gasteiger partial charge in [0.2, 0.25) is 0 Å². The number of esters is 1. The molecule has 0 radical (unpaired) electrons. The van der Waals surface area contributed by atoms with Crippen molar-refractivity contribution in [2.24, 2.45) is 0 Å².